The van der Waals surface area contributed by atoms with Crippen LogP contribution in [0.5, 0.6) is 0 Å². The predicted molar refractivity (Wildman–Crippen MR) is 69.8 cm³/mol. The minimum Gasteiger partial charge on any atom is -0.392 e. The van der Waals surface area contributed by atoms with Gasteiger partial charge < -0.3 is 5.11 Å². The van der Waals surface area contributed by atoms with E-state index in [1.807, 2.05) is 0 Å². The summed E-state index contributed by atoms with van der Waals surface area (Å²) in [7, 11) is 0. The molecule has 0 amide bonds. The van der Waals surface area contributed by atoms with E-state index in [0.717, 1.165) is 32.1 Å². The summed E-state index contributed by atoms with van der Waals surface area (Å²) in [4.78, 5) is 25.1. The number of aromatic nitrogens is 2. The predicted octanol–water partition coefficient (Wildman–Crippen LogP) is 0.846. The maximum Gasteiger partial charge on any atom is 0.329 e. The van der Waals surface area contributed by atoms with Gasteiger partial charge in [-0.2, -0.15) is 0 Å². The fourth-order valence-electron chi connectivity index (χ4n) is 3.06. The molecule has 1 aromatic rings. The standard InChI is InChI=1S/C12H16N2O3S/c15-8-2-1-5-12(8)6-3-10(18-12)14-7-4-9(16)13-11(14)17/h4,7-8,10,15H,1-3,5-6H2,(H,13,16,17)/t8-,10-,12+/m1/s1. The summed E-state index contributed by atoms with van der Waals surface area (Å²) in [5.74, 6) is 0. The first-order chi connectivity index (χ1) is 8.61. The lowest BCUT2D eigenvalue weighted by atomic mass is 9.99. The minimum absolute atomic E-state index is 0.0297. The van der Waals surface area contributed by atoms with Crippen LogP contribution in [0.3, 0.4) is 0 Å². The van der Waals surface area contributed by atoms with Crippen LogP contribution in [0.1, 0.15) is 37.5 Å². The van der Waals surface area contributed by atoms with Crippen LogP contribution in [0.25, 0.3) is 0 Å². The van der Waals surface area contributed by atoms with Crippen molar-refractivity contribution in [2.24, 2.45) is 0 Å². The molecular weight excluding hydrogens is 252 g/mol. The third-order valence-corrected chi connectivity index (χ3v) is 5.92. The summed E-state index contributed by atoms with van der Waals surface area (Å²) >= 11 is 1.69. The molecule has 1 spiro atoms. The minimum atomic E-state index is -0.366. The van der Waals surface area contributed by atoms with E-state index in [2.05, 4.69) is 4.98 Å². The molecule has 1 saturated heterocycles. The number of nitrogens with one attached hydrogen (secondary N) is 1. The molecule has 1 aromatic heterocycles. The number of rotatable bonds is 1. The van der Waals surface area contributed by atoms with E-state index < -0.39 is 0 Å². The Kier molecular flexibility index (Phi) is 2.86. The Labute approximate surface area is 108 Å². The van der Waals surface area contributed by atoms with Crippen molar-refractivity contribution in [3.63, 3.8) is 0 Å². The van der Waals surface area contributed by atoms with Gasteiger partial charge in [0, 0.05) is 17.0 Å². The van der Waals surface area contributed by atoms with Crippen LogP contribution in [-0.2, 0) is 0 Å². The number of aliphatic hydroxyl groups is 1. The highest BCUT2D eigenvalue weighted by Gasteiger charge is 2.48. The molecule has 2 N–H and O–H groups in total. The Balaban J connectivity index is 1.88. The molecule has 0 bridgehead atoms. The van der Waals surface area contributed by atoms with Crippen LogP contribution in [0.2, 0.25) is 0 Å². The Morgan fingerprint density at radius 3 is 2.89 bits per heavy atom. The molecule has 2 heterocycles. The fraction of sp³-hybridized carbons (Fsp3) is 0.667. The van der Waals surface area contributed by atoms with E-state index in [-0.39, 0.29) is 27.5 Å². The van der Waals surface area contributed by atoms with Gasteiger partial charge in [0.05, 0.1) is 11.5 Å². The largest absolute Gasteiger partial charge is 0.392 e. The molecule has 1 aliphatic heterocycles. The van der Waals surface area contributed by atoms with E-state index in [9.17, 15) is 14.7 Å². The maximum atomic E-state index is 11.7. The lowest BCUT2D eigenvalue weighted by molar-refractivity contribution is 0.148. The zero-order valence-corrected chi connectivity index (χ0v) is 10.8. The molecule has 3 rings (SSSR count). The van der Waals surface area contributed by atoms with Crippen LogP contribution in [0.4, 0.5) is 0 Å². The molecule has 0 unspecified atom stereocenters. The van der Waals surface area contributed by atoms with E-state index in [1.165, 1.54) is 6.07 Å². The Hall–Kier alpha value is -1.01. The first kappa shape index (κ1) is 12.0. The number of hydrogen-bond acceptors (Lipinski definition) is 4. The SMILES string of the molecule is O=c1ccn([C@H]2CC[C@]3(CCC[C@H]3O)S2)c(=O)[nH]1. The van der Waals surface area contributed by atoms with Crippen LogP contribution in [0, 0.1) is 0 Å². The van der Waals surface area contributed by atoms with Gasteiger partial charge in [-0.15, -0.1) is 11.8 Å². The van der Waals surface area contributed by atoms with Crippen LogP contribution in [-0.4, -0.2) is 25.5 Å². The molecule has 0 radical (unpaired) electrons. The summed E-state index contributed by atoms with van der Waals surface area (Å²) in [5.41, 5.74) is -0.723. The number of aromatic amines is 1. The van der Waals surface area contributed by atoms with E-state index in [4.69, 9.17) is 0 Å². The van der Waals surface area contributed by atoms with Crippen LogP contribution < -0.4 is 11.2 Å². The van der Waals surface area contributed by atoms with Crippen molar-refractivity contribution in [2.45, 2.75) is 48.3 Å². The zero-order valence-electron chi connectivity index (χ0n) is 9.96. The van der Waals surface area contributed by atoms with Crippen molar-refractivity contribution < 1.29 is 5.11 Å². The molecule has 18 heavy (non-hydrogen) atoms. The highest BCUT2D eigenvalue weighted by atomic mass is 32.2. The normalized spacial score (nSPS) is 35.4. The zero-order chi connectivity index (χ0) is 12.8. The highest BCUT2D eigenvalue weighted by Crippen LogP contribution is 2.56. The monoisotopic (exact) mass is 268 g/mol. The van der Waals surface area contributed by atoms with Gasteiger partial charge in [0.15, 0.2) is 0 Å². The number of H-pyrrole nitrogens is 1. The summed E-state index contributed by atoms with van der Waals surface area (Å²) in [5, 5.41) is 10.1. The number of thioether (sulfide) groups is 1. The second-order valence-electron chi connectivity index (χ2n) is 5.10. The number of aliphatic hydroxyl groups excluding tert-OH is 1. The van der Waals surface area contributed by atoms with Gasteiger partial charge in [0.2, 0.25) is 0 Å². The van der Waals surface area contributed by atoms with Crippen molar-refractivity contribution >= 4 is 11.8 Å². The second-order valence-corrected chi connectivity index (χ2v) is 6.69. The van der Waals surface area contributed by atoms with Gasteiger partial charge in [-0.1, -0.05) is 0 Å². The molecule has 1 saturated carbocycles. The smallest absolute Gasteiger partial charge is 0.329 e. The third kappa shape index (κ3) is 1.83. The molecule has 6 heteroatoms. The number of hydrogen-bond donors (Lipinski definition) is 2. The average molecular weight is 268 g/mol. The topological polar surface area (TPSA) is 75.1 Å². The Morgan fingerprint density at radius 2 is 2.22 bits per heavy atom. The van der Waals surface area contributed by atoms with E-state index >= 15 is 0 Å². The van der Waals surface area contributed by atoms with Gasteiger partial charge in [-0.3, -0.25) is 14.3 Å². The van der Waals surface area contributed by atoms with Gasteiger partial charge in [0.1, 0.15) is 0 Å². The molecule has 3 atom stereocenters. The van der Waals surface area contributed by atoms with Crippen molar-refractivity contribution in [3.05, 3.63) is 33.1 Å². The van der Waals surface area contributed by atoms with Gasteiger partial charge in [0.25, 0.3) is 5.56 Å². The van der Waals surface area contributed by atoms with Crippen molar-refractivity contribution in [2.75, 3.05) is 0 Å². The molecule has 5 nitrogen and oxygen atoms in total. The van der Waals surface area contributed by atoms with Crippen molar-refractivity contribution in [1.29, 1.82) is 0 Å². The molecule has 2 fully saturated rings. The lowest BCUT2D eigenvalue weighted by Gasteiger charge is -2.27. The van der Waals surface area contributed by atoms with Gasteiger partial charge >= 0.3 is 5.69 Å². The second kappa shape index (κ2) is 4.28. The van der Waals surface area contributed by atoms with E-state index in [1.54, 1.807) is 22.5 Å². The summed E-state index contributed by atoms with van der Waals surface area (Å²) in [6.45, 7) is 0. The van der Waals surface area contributed by atoms with Crippen LogP contribution in [0.15, 0.2) is 21.9 Å². The quantitative estimate of drug-likeness (QED) is 0.791. The van der Waals surface area contributed by atoms with Gasteiger partial charge in [-0.25, -0.2) is 4.79 Å². The fourth-order valence-corrected chi connectivity index (χ4v) is 4.89. The van der Waals surface area contributed by atoms with Crippen LogP contribution >= 0.6 is 11.8 Å². The highest BCUT2D eigenvalue weighted by molar-refractivity contribution is 8.01. The molecular formula is C12H16N2O3S. The molecule has 1 aliphatic carbocycles. The Morgan fingerprint density at radius 1 is 1.39 bits per heavy atom. The Bertz CT molecular complexity index is 567. The third-order valence-electron chi connectivity index (χ3n) is 4.03. The first-order valence-electron chi connectivity index (χ1n) is 6.28. The summed E-state index contributed by atoms with van der Waals surface area (Å²) in [6.07, 6.45) is 6.04. The molecule has 0 aromatic carbocycles. The molecule has 2 aliphatic rings. The lowest BCUT2D eigenvalue weighted by Crippen LogP contribution is -2.32. The molecule has 98 valence electrons. The first-order valence-corrected chi connectivity index (χ1v) is 7.16. The van der Waals surface area contributed by atoms with E-state index in [0.29, 0.717) is 0 Å². The summed E-state index contributed by atoms with van der Waals surface area (Å²) < 4.78 is 1.51. The average Bonchev–Trinajstić information content (AvgIpc) is 2.89. The number of nitrogens with zero attached hydrogens (tertiary/aromatic N) is 1. The van der Waals surface area contributed by atoms with Crippen molar-refractivity contribution in [1.82, 2.24) is 9.55 Å². The van der Waals surface area contributed by atoms with Crippen molar-refractivity contribution in [3.8, 4) is 0 Å². The summed E-state index contributed by atoms with van der Waals surface area (Å²) in [6, 6.07) is 1.37. The van der Waals surface area contributed by atoms with Gasteiger partial charge in [-0.05, 0) is 32.1 Å². The maximum absolute atomic E-state index is 11.7.